The van der Waals surface area contributed by atoms with Crippen LogP contribution >= 0.6 is 0 Å². The molecule has 0 fully saturated rings. The normalized spacial score (nSPS) is 10.5. The number of hydrogen-bond donors (Lipinski definition) is 2. The lowest BCUT2D eigenvalue weighted by molar-refractivity contribution is 0.260. The van der Waals surface area contributed by atoms with E-state index in [0.717, 1.165) is 18.5 Å². The van der Waals surface area contributed by atoms with Crippen molar-refractivity contribution in [2.45, 2.75) is 33.7 Å². The van der Waals surface area contributed by atoms with Crippen LogP contribution in [0.2, 0.25) is 0 Å². The molecule has 5 nitrogen and oxygen atoms in total. The summed E-state index contributed by atoms with van der Waals surface area (Å²) in [6.45, 7) is 9.23. The quantitative estimate of drug-likeness (QED) is 0.614. The van der Waals surface area contributed by atoms with Gasteiger partial charge in [-0.25, -0.2) is 0 Å². The highest BCUT2D eigenvalue weighted by Crippen LogP contribution is 2.39. The molecule has 2 N–H and O–H groups in total. The number of hydrogen-bond acceptors (Lipinski definition) is 5. The van der Waals surface area contributed by atoms with Gasteiger partial charge < -0.3 is 24.6 Å². The van der Waals surface area contributed by atoms with E-state index >= 15 is 0 Å². The van der Waals surface area contributed by atoms with Crippen molar-refractivity contribution in [1.29, 1.82) is 0 Å². The van der Waals surface area contributed by atoms with Crippen LogP contribution in [0.25, 0.3) is 0 Å². The molecule has 0 unspecified atom stereocenters. The van der Waals surface area contributed by atoms with Gasteiger partial charge in [0.1, 0.15) is 0 Å². The minimum Gasteiger partial charge on any atom is -0.490 e. The summed E-state index contributed by atoms with van der Waals surface area (Å²) in [6.07, 6.45) is 0.744. The Labute approximate surface area is 127 Å². The summed E-state index contributed by atoms with van der Waals surface area (Å²) in [5.41, 5.74) is 1.07. The van der Waals surface area contributed by atoms with E-state index in [1.807, 2.05) is 32.9 Å². The topological polar surface area (TPSA) is 60.0 Å². The second-order valence-electron chi connectivity index (χ2n) is 4.47. The molecule has 0 bridgehead atoms. The Morgan fingerprint density at radius 1 is 0.952 bits per heavy atom. The smallest absolute Gasteiger partial charge is 0.203 e. The maximum absolute atomic E-state index is 8.79. The Kier molecular flexibility index (Phi) is 8.62. The summed E-state index contributed by atoms with van der Waals surface area (Å²) in [5, 5.41) is 12.1. The van der Waals surface area contributed by atoms with Crippen LogP contribution in [-0.4, -0.2) is 38.1 Å². The van der Waals surface area contributed by atoms with Crippen LogP contribution in [0.15, 0.2) is 12.1 Å². The lowest BCUT2D eigenvalue weighted by Crippen LogP contribution is -2.16. The first kappa shape index (κ1) is 17.6. The molecule has 0 saturated heterocycles. The highest BCUT2D eigenvalue weighted by Gasteiger charge is 2.14. The second kappa shape index (κ2) is 10.3. The van der Waals surface area contributed by atoms with E-state index in [1.165, 1.54) is 0 Å². The third-order valence-corrected chi connectivity index (χ3v) is 2.81. The molecule has 0 aromatic heterocycles. The van der Waals surface area contributed by atoms with Crippen molar-refractivity contribution in [2.75, 3.05) is 33.0 Å². The highest BCUT2D eigenvalue weighted by molar-refractivity contribution is 5.54. The monoisotopic (exact) mass is 297 g/mol. The predicted octanol–water partition coefficient (Wildman–Crippen LogP) is 2.35. The summed E-state index contributed by atoms with van der Waals surface area (Å²) in [7, 11) is 0. The Bertz CT molecular complexity index is 382. The van der Waals surface area contributed by atoms with E-state index < -0.39 is 0 Å². The average Bonchev–Trinajstić information content (AvgIpc) is 2.47. The van der Waals surface area contributed by atoms with E-state index in [9.17, 15) is 0 Å². The first-order valence-corrected chi connectivity index (χ1v) is 7.63. The molecular weight excluding hydrogens is 270 g/mol. The van der Waals surface area contributed by atoms with Gasteiger partial charge in [-0.2, -0.15) is 0 Å². The molecular formula is C16H27NO4. The molecule has 21 heavy (non-hydrogen) atoms. The van der Waals surface area contributed by atoms with Gasteiger partial charge in [-0.15, -0.1) is 0 Å². The van der Waals surface area contributed by atoms with Gasteiger partial charge in [0, 0.05) is 13.2 Å². The van der Waals surface area contributed by atoms with Crippen molar-refractivity contribution in [3.05, 3.63) is 17.7 Å². The predicted molar refractivity (Wildman–Crippen MR) is 83.4 cm³/mol. The van der Waals surface area contributed by atoms with Gasteiger partial charge in [-0.3, -0.25) is 0 Å². The molecule has 0 radical (unpaired) electrons. The van der Waals surface area contributed by atoms with Gasteiger partial charge in [0.2, 0.25) is 5.75 Å². The van der Waals surface area contributed by atoms with Crippen molar-refractivity contribution in [2.24, 2.45) is 0 Å². The lowest BCUT2D eigenvalue weighted by Gasteiger charge is -2.17. The zero-order valence-corrected chi connectivity index (χ0v) is 13.3. The molecule has 1 aromatic rings. The van der Waals surface area contributed by atoms with Crippen LogP contribution in [-0.2, 0) is 6.54 Å². The minimum absolute atomic E-state index is 0.199. The molecule has 1 rings (SSSR count). The summed E-state index contributed by atoms with van der Waals surface area (Å²) in [4.78, 5) is 0. The average molecular weight is 297 g/mol. The molecule has 0 spiro atoms. The summed E-state index contributed by atoms with van der Waals surface area (Å²) >= 11 is 0. The fourth-order valence-electron chi connectivity index (χ4n) is 1.98. The molecule has 0 aliphatic rings. The molecule has 1 aromatic carbocycles. The Morgan fingerprint density at radius 3 is 2.00 bits per heavy atom. The number of nitrogens with one attached hydrogen (secondary N) is 1. The fourth-order valence-corrected chi connectivity index (χ4v) is 1.98. The Morgan fingerprint density at radius 2 is 1.52 bits per heavy atom. The van der Waals surface area contributed by atoms with E-state index in [-0.39, 0.29) is 6.61 Å². The van der Waals surface area contributed by atoms with E-state index in [4.69, 9.17) is 19.3 Å². The zero-order chi connectivity index (χ0) is 15.5. The standard InChI is InChI=1S/C16H27NO4/c1-4-19-14-10-13(12-17-8-7-9-18)11-15(20-5-2)16(14)21-6-3/h10-11,17-18H,4-9,12H2,1-3H3. The van der Waals surface area contributed by atoms with Gasteiger partial charge >= 0.3 is 0 Å². The highest BCUT2D eigenvalue weighted by atomic mass is 16.5. The van der Waals surface area contributed by atoms with Crippen molar-refractivity contribution >= 4 is 0 Å². The summed E-state index contributed by atoms with van der Waals surface area (Å²) in [5.74, 6) is 2.09. The van der Waals surface area contributed by atoms with Gasteiger partial charge in [-0.05, 0) is 51.4 Å². The first-order chi connectivity index (χ1) is 10.3. The molecule has 120 valence electrons. The van der Waals surface area contributed by atoms with Crippen LogP contribution in [0.5, 0.6) is 17.2 Å². The number of ether oxygens (including phenoxy) is 3. The van der Waals surface area contributed by atoms with E-state index in [2.05, 4.69) is 5.32 Å². The molecule has 0 heterocycles. The van der Waals surface area contributed by atoms with Crippen LogP contribution in [0, 0.1) is 0 Å². The van der Waals surface area contributed by atoms with Crippen LogP contribution in [0.1, 0.15) is 32.8 Å². The van der Waals surface area contributed by atoms with Gasteiger partial charge in [-0.1, -0.05) is 0 Å². The number of benzene rings is 1. The second-order valence-corrected chi connectivity index (χ2v) is 4.47. The van der Waals surface area contributed by atoms with Crippen molar-refractivity contribution in [3.63, 3.8) is 0 Å². The van der Waals surface area contributed by atoms with E-state index in [1.54, 1.807) is 0 Å². The first-order valence-electron chi connectivity index (χ1n) is 7.63. The number of aliphatic hydroxyl groups excluding tert-OH is 1. The summed E-state index contributed by atoms with van der Waals surface area (Å²) < 4.78 is 17.0. The van der Waals surface area contributed by atoms with Crippen LogP contribution < -0.4 is 19.5 Å². The molecule has 0 atom stereocenters. The maximum atomic E-state index is 8.79. The van der Waals surface area contributed by atoms with Crippen LogP contribution in [0.3, 0.4) is 0 Å². The maximum Gasteiger partial charge on any atom is 0.203 e. The molecule has 0 saturated carbocycles. The number of rotatable bonds is 11. The third-order valence-electron chi connectivity index (χ3n) is 2.81. The SMILES string of the molecule is CCOc1cc(CNCCCO)cc(OCC)c1OCC. The molecule has 5 heteroatoms. The summed E-state index contributed by atoms with van der Waals surface area (Å²) in [6, 6.07) is 3.95. The van der Waals surface area contributed by atoms with Crippen molar-refractivity contribution in [3.8, 4) is 17.2 Å². The van der Waals surface area contributed by atoms with Crippen LogP contribution in [0.4, 0.5) is 0 Å². The largest absolute Gasteiger partial charge is 0.490 e. The Balaban J connectivity index is 2.92. The van der Waals surface area contributed by atoms with Gasteiger partial charge in [0.25, 0.3) is 0 Å². The van der Waals surface area contributed by atoms with E-state index in [0.29, 0.717) is 43.6 Å². The fraction of sp³-hybridized carbons (Fsp3) is 0.625. The Hall–Kier alpha value is -1.46. The number of aliphatic hydroxyl groups is 1. The van der Waals surface area contributed by atoms with Crippen molar-refractivity contribution < 1.29 is 19.3 Å². The van der Waals surface area contributed by atoms with Crippen molar-refractivity contribution in [1.82, 2.24) is 5.32 Å². The third kappa shape index (κ3) is 5.81. The molecule has 0 amide bonds. The molecule has 0 aliphatic carbocycles. The lowest BCUT2D eigenvalue weighted by atomic mass is 10.1. The molecule has 0 aliphatic heterocycles. The zero-order valence-electron chi connectivity index (χ0n) is 13.3. The van der Waals surface area contributed by atoms with Gasteiger partial charge in [0.15, 0.2) is 11.5 Å². The van der Waals surface area contributed by atoms with Gasteiger partial charge in [0.05, 0.1) is 19.8 Å². The minimum atomic E-state index is 0.199.